The highest BCUT2D eigenvalue weighted by molar-refractivity contribution is 5.88. The van der Waals surface area contributed by atoms with Gasteiger partial charge in [0.2, 0.25) is 0 Å². The van der Waals surface area contributed by atoms with Crippen LogP contribution >= 0.6 is 0 Å². The predicted molar refractivity (Wildman–Crippen MR) is 64.8 cm³/mol. The zero-order valence-corrected chi connectivity index (χ0v) is 9.79. The quantitative estimate of drug-likeness (QED) is 0.879. The summed E-state index contributed by atoms with van der Waals surface area (Å²) in [6.07, 6.45) is 1.56. The number of benzene rings is 1. The van der Waals surface area contributed by atoms with Gasteiger partial charge in [-0.25, -0.2) is 0 Å². The second-order valence-corrected chi connectivity index (χ2v) is 4.38. The Bertz CT molecular complexity index is 547. The fourth-order valence-electron chi connectivity index (χ4n) is 2.05. The molecule has 0 aliphatic carbocycles. The summed E-state index contributed by atoms with van der Waals surface area (Å²) in [4.78, 5) is 11.3. The van der Waals surface area contributed by atoms with Gasteiger partial charge in [0.15, 0.2) is 0 Å². The molecule has 2 aromatic rings. The molecule has 4 heteroatoms. The standard InChI is InChI=1S/C13H14N2O2/c1-8(2)12(13(16)17)10-7-14-15-11-6-4-3-5-9(10)11/h3-8,12H,1-2H3,(H,16,17). The third-order valence-electron chi connectivity index (χ3n) is 2.85. The van der Waals surface area contributed by atoms with Crippen LogP contribution in [0.3, 0.4) is 0 Å². The number of hydrogen-bond donors (Lipinski definition) is 1. The zero-order chi connectivity index (χ0) is 12.4. The van der Waals surface area contributed by atoms with Gasteiger partial charge in [-0.1, -0.05) is 32.0 Å². The summed E-state index contributed by atoms with van der Waals surface area (Å²) < 4.78 is 0. The highest BCUT2D eigenvalue weighted by Crippen LogP contribution is 2.29. The molecule has 4 nitrogen and oxygen atoms in total. The summed E-state index contributed by atoms with van der Waals surface area (Å²) in [5.74, 6) is -1.35. The van der Waals surface area contributed by atoms with Crippen LogP contribution in [0, 0.1) is 5.92 Å². The van der Waals surface area contributed by atoms with Gasteiger partial charge in [-0.05, 0) is 17.5 Å². The molecule has 1 heterocycles. The monoisotopic (exact) mass is 230 g/mol. The van der Waals surface area contributed by atoms with Crippen molar-refractivity contribution in [2.24, 2.45) is 5.92 Å². The minimum Gasteiger partial charge on any atom is -0.481 e. The van der Waals surface area contributed by atoms with E-state index in [9.17, 15) is 9.90 Å². The van der Waals surface area contributed by atoms with Crippen molar-refractivity contribution < 1.29 is 9.90 Å². The first-order valence-corrected chi connectivity index (χ1v) is 5.54. The van der Waals surface area contributed by atoms with Crippen LogP contribution in [0.2, 0.25) is 0 Å². The maximum Gasteiger partial charge on any atom is 0.311 e. The molecule has 0 radical (unpaired) electrons. The van der Waals surface area contributed by atoms with E-state index in [0.717, 1.165) is 16.5 Å². The summed E-state index contributed by atoms with van der Waals surface area (Å²) in [7, 11) is 0. The van der Waals surface area contributed by atoms with Crippen LogP contribution in [0.15, 0.2) is 30.5 Å². The SMILES string of the molecule is CC(C)C(C(=O)O)c1cnnc2ccccc12. The average molecular weight is 230 g/mol. The van der Waals surface area contributed by atoms with Crippen LogP contribution in [0.5, 0.6) is 0 Å². The molecule has 0 aliphatic heterocycles. The first-order valence-electron chi connectivity index (χ1n) is 5.54. The van der Waals surface area contributed by atoms with Crippen molar-refractivity contribution >= 4 is 16.9 Å². The topological polar surface area (TPSA) is 63.1 Å². The molecule has 1 unspecified atom stereocenters. The second-order valence-electron chi connectivity index (χ2n) is 4.38. The molecule has 1 atom stereocenters. The van der Waals surface area contributed by atoms with Gasteiger partial charge in [-0.2, -0.15) is 10.2 Å². The molecule has 17 heavy (non-hydrogen) atoms. The number of fused-ring (bicyclic) bond motifs is 1. The van der Waals surface area contributed by atoms with Crippen molar-refractivity contribution in [3.63, 3.8) is 0 Å². The number of carboxylic acid groups (broad SMARTS) is 1. The van der Waals surface area contributed by atoms with Gasteiger partial charge in [-0.15, -0.1) is 0 Å². The van der Waals surface area contributed by atoms with E-state index in [1.807, 2.05) is 38.1 Å². The number of carboxylic acids is 1. The smallest absolute Gasteiger partial charge is 0.311 e. The van der Waals surface area contributed by atoms with E-state index in [2.05, 4.69) is 10.2 Å². The molecule has 0 amide bonds. The maximum absolute atomic E-state index is 11.3. The molecule has 2 rings (SSSR count). The number of aromatic nitrogens is 2. The number of nitrogens with zero attached hydrogens (tertiary/aromatic N) is 2. The van der Waals surface area contributed by atoms with Crippen LogP contribution < -0.4 is 0 Å². The van der Waals surface area contributed by atoms with E-state index in [-0.39, 0.29) is 5.92 Å². The van der Waals surface area contributed by atoms with Crippen molar-refractivity contribution in [2.45, 2.75) is 19.8 Å². The molecule has 0 fully saturated rings. The minimum absolute atomic E-state index is 0.0140. The summed E-state index contributed by atoms with van der Waals surface area (Å²) in [5, 5.41) is 18.1. The van der Waals surface area contributed by atoms with Crippen molar-refractivity contribution in [1.29, 1.82) is 0 Å². The maximum atomic E-state index is 11.3. The van der Waals surface area contributed by atoms with E-state index in [0.29, 0.717) is 0 Å². The highest BCUT2D eigenvalue weighted by atomic mass is 16.4. The lowest BCUT2D eigenvalue weighted by atomic mass is 9.87. The minimum atomic E-state index is -0.821. The number of carbonyl (C=O) groups is 1. The summed E-state index contributed by atoms with van der Waals surface area (Å²) in [6.45, 7) is 3.79. The summed E-state index contributed by atoms with van der Waals surface area (Å²) in [6, 6.07) is 7.47. The highest BCUT2D eigenvalue weighted by Gasteiger charge is 2.25. The normalized spacial score (nSPS) is 12.9. The fourth-order valence-corrected chi connectivity index (χ4v) is 2.05. The molecule has 88 valence electrons. The lowest BCUT2D eigenvalue weighted by Gasteiger charge is -2.17. The van der Waals surface area contributed by atoms with Crippen LogP contribution in [-0.4, -0.2) is 21.3 Å². The molecule has 0 bridgehead atoms. The molecular formula is C13H14N2O2. The Kier molecular flexibility index (Phi) is 3.04. The average Bonchev–Trinajstić information content (AvgIpc) is 2.28. The third kappa shape index (κ3) is 2.11. The van der Waals surface area contributed by atoms with E-state index in [4.69, 9.17) is 0 Å². The van der Waals surface area contributed by atoms with Crippen LogP contribution in [-0.2, 0) is 4.79 Å². The van der Waals surface area contributed by atoms with Crippen LogP contribution in [0.4, 0.5) is 0 Å². The fraction of sp³-hybridized carbons (Fsp3) is 0.308. The lowest BCUT2D eigenvalue weighted by molar-refractivity contribution is -0.139. The van der Waals surface area contributed by atoms with Gasteiger partial charge < -0.3 is 5.11 Å². The first-order chi connectivity index (χ1) is 8.11. The van der Waals surface area contributed by atoms with Crippen LogP contribution in [0.1, 0.15) is 25.3 Å². The van der Waals surface area contributed by atoms with Gasteiger partial charge in [-0.3, -0.25) is 4.79 Å². The molecule has 1 N–H and O–H groups in total. The Labute approximate surface area is 99.3 Å². The predicted octanol–water partition coefficient (Wildman–Crippen LogP) is 2.45. The Balaban J connectivity index is 2.65. The first kappa shape index (κ1) is 11.5. The molecule has 1 aromatic carbocycles. The molecule has 0 saturated carbocycles. The third-order valence-corrected chi connectivity index (χ3v) is 2.85. The van der Waals surface area contributed by atoms with Crippen molar-refractivity contribution in [3.05, 3.63) is 36.0 Å². The Morgan fingerprint density at radius 1 is 1.29 bits per heavy atom. The summed E-state index contributed by atoms with van der Waals surface area (Å²) >= 11 is 0. The molecular weight excluding hydrogens is 216 g/mol. The van der Waals surface area contributed by atoms with E-state index in [1.165, 1.54) is 0 Å². The van der Waals surface area contributed by atoms with Crippen molar-refractivity contribution in [2.75, 3.05) is 0 Å². The number of aliphatic carboxylic acids is 1. The largest absolute Gasteiger partial charge is 0.481 e. The van der Waals surface area contributed by atoms with E-state index < -0.39 is 11.9 Å². The Hall–Kier alpha value is -1.97. The van der Waals surface area contributed by atoms with E-state index >= 15 is 0 Å². The van der Waals surface area contributed by atoms with Gasteiger partial charge in [0.05, 0.1) is 17.6 Å². The van der Waals surface area contributed by atoms with Crippen molar-refractivity contribution in [3.8, 4) is 0 Å². The Morgan fingerprint density at radius 3 is 2.65 bits per heavy atom. The number of hydrogen-bond acceptors (Lipinski definition) is 3. The van der Waals surface area contributed by atoms with Crippen molar-refractivity contribution in [1.82, 2.24) is 10.2 Å². The summed E-state index contributed by atoms with van der Waals surface area (Å²) in [5.41, 5.74) is 1.47. The molecule has 1 aromatic heterocycles. The molecule has 0 aliphatic rings. The molecule has 0 spiro atoms. The van der Waals surface area contributed by atoms with Crippen LogP contribution in [0.25, 0.3) is 10.9 Å². The van der Waals surface area contributed by atoms with Gasteiger partial charge in [0.1, 0.15) is 0 Å². The number of rotatable bonds is 3. The molecule has 0 saturated heterocycles. The lowest BCUT2D eigenvalue weighted by Crippen LogP contribution is -2.18. The Morgan fingerprint density at radius 2 is 2.00 bits per heavy atom. The van der Waals surface area contributed by atoms with Gasteiger partial charge >= 0.3 is 5.97 Å². The zero-order valence-electron chi connectivity index (χ0n) is 9.79. The van der Waals surface area contributed by atoms with E-state index in [1.54, 1.807) is 6.20 Å². The van der Waals surface area contributed by atoms with Gasteiger partial charge in [0.25, 0.3) is 0 Å². The second kappa shape index (κ2) is 4.49. The van der Waals surface area contributed by atoms with Gasteiger partial charge in [0, 0.05) is 5.39 Å².